The van der Waals surface area contributed by atoms with Crippen LogP contribution < -0.4 is 0 Å². The molecular formula is C9H15NO2. The first kappa shape index (κ1) is 9.23. The SMILES string of the molecule is CC(C=O)C1CCCCN1C=O. The Morgan fingerprint density at radius 2 is 2.17 bits per heavy atom. The third-order valence-electron chi connectivity index (χ3n) is 2.55. The van der Waals surface area contributed by atoms with Crippen LogP contribution in [-0.2, 0) is 9.59 Å². The maximum atomic E-state index is 10.6. The molecule has 1 saturated heterocycles. The molecule has 1 aliphatic heterocycles. The molecular weight excluding hydrogens is 154 g/mol. The Morgan fingerprint density at radius 3 is 2.75 bits per heavy atom. The molecule has 3 heteroatoms. The number of hydrogen-bond acceptors (Lipinski definition) is 2. The van der Waals surface area contributed by atoms with Crippen molar-refractivity contribution in [1.29, 1.82) is 0 Å². The standard InChI is InChI=1S/C9H15NO2/c1-8(6-11)9-4-2-3-5-10(9)7-12/h6-9H,2-5H2,1H3. The van der Waals surface area contributed by atoms with Gasteiger partial charge in [-0.15, -0.1) is 0 Å². The summed E-state index contributed by atoms with van der Waals surface area (Å²) in [6.07, 6.45) is 4.98. The Hall–Kier alpha value is -0.860. The van der Waals surface area contributed by atoms with Crippen molar-refractivity contribution in [2.75, 3.05) is 6.54 Å². The number of amides is 1. The van der Waals surface area contributed by atoms with Crippen LogP contribution in [0.25, 0.3) is 0 Å². The Bertz CT molecular complexity index is 170. The highest BCUT2D eigenvalue weighted by atomic mass is 16.1. The molecule has 1 aliphatic rings. The van der Waals surface area contributed by atoms with Gasteiger partial charge in [0.2, 0.25) is 6.41 Å². The molecule has 0 N–H and O–H groups in total. The van der Waals surface area contributed by atoms with Gasteiger partial charge >= 0.3 is 0 Å². The van der Waals surface area contributed by atoms with E-state index in [-0.39, 0.29) is 12.0 Å². The average Bonchev–Trinajstić information content (AvgIpc) is 2.16. The summed E-state index contributed by atoms with van der Waals surface area (Å²) in [6, 6.07) is 0.147. The number of aldehydes is 1. The predicted octanol–water partition coefficient (Wildman–Crippen LogP) is 0.832. The van der Waals surface area contributed by atoms with Gasteiger partial charge < -0.3 is 9.69 Å². The summed E-state index contributed by atoms with van der Waals surface area (Å²) in [6.45, 7) is 2.69. The summed E-state index contributed by atoms with van der Waals surface area (Å²) in [5.41, 5.74) is 0. The van der Waals surface area contributed by atoms with Gasteiger partial charge in [-0.25, -0.2) is 0 Å². The number of likely N-dealkylation sites (tertiary alicyclic amines) is 1. The second-order valence-electron chi connectivity index (χ2n) is 3.40. The monoisotopic (exact) mass is 169 g/mol. The van der Waals surface area contributed by atoms with Crippen LogP contribution in [-0.4, -0.2) is 30.2 Å². The van der Waals surface area contributed by atoms with Gasteiger partial charge in [0.15, 0.2) is 0 Å². The van der Waals surface area contributed by atoms with Crippen molar-refractivity contribution in [3.05, 3.63) is 0 Å². The van der Waals surface area contributed by atoms with Crippen molar-refractivity contribution in [3.63, 3.8) is 0 Å². The molecule has 1 rings (SSSR count). The molecule has 12 heavy (non-hydrogen) atoms. The molecule has 0 saturated carbocycles. The van der Waals surface area contributed by atoms with Crippen LogP contribution in [0.5, 0.6) is 0 Å². The minimum Gasteiger partial charge on any atom is -0.342 e. The molecule has 0 spiro atoms. The zero-order chi connectivity index (χ0) is 8.97. The molecule has 1 fully saturated rings. The molecule has 68 valence electrons. The van der Waals surface area contributed by atoms with Crippen LogP contribution in [0, 0.1) is 5.92 Å². The van der Waals surface area contributed by atoms with Gasteiger partial charge in [0.1, 0.15) is 6.29 Å². The van der Waals surface area contributed by atoms with Crippen LogP contribution in [0.1, 0.15) is 26.2 Å². The van der Waals surface area contributed by atoms with Crippen LogP contribution in [0.2, 0.25) is 0 Å². The number of carbonyl (C=O) groups is 2. The molecule has 0 aromatic heterocycles. The average molecular weight is 169 g/mol. The van der Waals surface area contributed by atoms with Gasteiger partial charge in [-0.3, -0.25) is 4.79 Å². The summed E-state index contributed by atoms with van der Waals surface area (Å²) < 4.78 is 0. The van der Waals surface area contributed by atoms with Gasteiger partial charge in [0.05, 0.1) is 0 Å². The fraction of sp³-hybridized carbons (Fsp3) is 0.778. The summed E-state index contributed by atoms with van der Waals surface area (Å²) in [4.78, 5) is 22.9. The lowest BCUT2D eigenvalue weighted by Gasteiger charge is -2.34. The highest BCUT2D eigenvalue weighted by Crippen LogP contribution is 2.20. The zero-order valence-electron chi connectivity index (χ0n) is 7.40. The topological polar surface area (TPSA) is 37.4 Å². The first-order valence-electron chi connectivity index (χ1n) is 4.46. The molecule has 0 aromatic carbocycles. The van der Waals surface area contributed by atoms with E-state index in [2.05, 4.69) is 0 Å². The summed E-state index contributed by atoms with van der Waals surface area (Å²) in [5, 5.41) is 0. The second kappa shape index (κ2) is 4.24. The largest absolute Gasteiger partial charge is 0.342 e. The van der Waals surface area contributed by atoms with Crippen LogP contribution in [0.15, 0.2) is 0 Å². The lowest BCUT2D eigenvalue weighted by Crippen LogP contribution is -2.42. The summed E-state index contributed by atoms with van der Waals surface area (Å²) in [5.74, 6) is -0.0181. The van der Waals surface area contributed by atoms with Crippen molar-refractivity contribution in [1.82, 2.24) is 4.90 Å². The Kier molecular flexibility index (Phi) is 3.26. The van der Waals surface area contributed by atoms with Crippen molar-refractivity contribution in [3.8, 4) is 0 Å². The number of piperidine rings is 1. The van der Waals surface area contributed by atoms with E-state index in [1.807, 2.05) is 6.92 Å². The lowest BCUT2D eigenvalue weighted by atomic mass is 9.93. The molecule has 0 bridgehead atoms. The van der Waals surface area contributed by atoms with Crippen molar-refractivity contribution in [2.24, 2.45) is 5.92 Å². The van der Waals surface area contributed by atoms with E-state index in [1.54, 1.807) is 4.90 Å². The second-order valence-corrected chi connectivity index (χ2v) is 3.40. The lowest BCUT2D eigenvalue weighted by molar-refractivity contribution is -0.124. The molecule has 3 nitrogen and oxygen atoms in total. The molecule has 1 amide bonds. The molecule has 0 radical (unpaired) electrons. The van der Waals surface area contributed by atoms with E-state index in [0.29, 0.717) is 0 Å². The summed E-state index contributed by atoms with van der Waals surface area (Å²) in [7, 11) is 0. The number of rotatable bonds is 3. The molecule has 1 heterocycles. The maximum Gasteiger partial charge on any atom is 0.209 e. The van der Waals surface area contributed by atoms with Crippen molar-refractivity contribution < 1.29 is 9.59 Å². The Labute approximate surface area is 72.7 Å². The number of carbonyl (C=O) groups excluding carboxylic acids is 2. The zero-order valence-corrected chi connectivity index (χ0v) is 7.40. The quantitative estimate of drug-likeness (QED) is 0.587. The van der Waals surface area contributed by atoms with Crippen LogP contribution >= 0.6 is 0 Å². The van der Waals surface area contributed by atoms with E-state index < -0.39 is 0 Å². The third-order valence-corrected chi connectivity index (χ3v) is 2.55. The maximum absolute atomic E-state index is 10.6. The van der Waals surface area contributed by atoms with Crippen molar-refractivity contribution >= 4 is 12.7 Å². The molecule has 0 aromatic rings. The van der Waals surface area contributed by atoms with E-state index in [4.69, 9.17) is 0 Å². The third kappa shape index (κ3) is 1.84. The molecule has 2 unspecified atom stereocenters. The van der Waals surface area contributed by atoms with Gasteiger partial charge in [0, 0.05) is 18.5 Å². The number of hydrogen-bond donors (Lipinski definition) is 0. The van der Waals surface area contributed by atoms with E-state index in [0.717, 1.165) is 38.5 Å². The van der Waals surface area contributed by atoms with E-state index in [1.165, 1.54) is 0 Å². The predicted molar refractivity (Wildman–Crippen MR) is 45.6 cm³/mol. The minimum absolute atomic E-state index is 0.0181. The smallest absolute Gasteiger partial charge is 0.209 e. The van der Waals surface area contributed by atoms with Gasteiger partial charge in [-0.05, 0) is 19.3 Å². The Morgan fingerprint density at radius 1 is 1.42 bits per heavy atom. The highest BCUT2D eigenvalue weighted by Gasteiger charge is 2.25. The van der Waals surface area contributed by atoms with Gasteiger partial charge in [-0.2, -0.15) is 0 Å². The minimum atomic E-state index is -0.0181. The van der Waals surface area contributed by atoms with Crippen molar-refractivity contribution in [2.45, 2.75) is 32.2 Å². The first-order chi connectivity index (χ1) is 5.79. The van der Waals surface area contributed by atoms with Crippen LogP contribution in [0.4, 0.5) is 0 Å². The first-order valence-corrected chi connectivity index (χ1v) is 4.46. The Balaban J connectivity index is 2.57. The van der Waals surface area contributed by atoms with Gasteiger partial charge in [0.25, 0.3) is 0 Å². The fourth-order valence-electron chi connectivity index (χ4n) is 1.77. The molecule has 2 atom stereocenters. The van der Waals surface area contributed by atoms with E-state index in [9.17, 15) is 9.59 Å². The number of nitrogens with zero attached hydrogens (tertiary/aromatic N) is 1. The van der Waals surface area contributed by atoms with Gasteiger partial charge in [-0.1, -0.05) is 6.92 Å². The fourth-order valence-corrected chi connectivity index (χ4v) is 1.77. The normalized spacial score (nSPS) is 26.4. The van der Waals surface area contributed by atoms with Crippen LogP contribution in [0.3, 0.4) is 0 Å². The summed E-state index contributed by atoms with van der Waals surface area (Å²) >= 11 is 0. The van der Waals surface area contributed by atoms with E-state index >= 15 is 0 Å². The molecule has 0 aliphatic carbocycles. The highest BCUT2D eigenvalue weighted by molar-refractivity contribution is 5.56.